The van der Waals surface area contributed by atoms with Gasteiger partial charge in [0.2, 0.25) is 0 Å². The van der Waals surface area contributed by atoms with Crippen LogP contribution in [0.5, 0.6) is 0 Å². The van der Waals surface area contributed by atoms with E-state index in [0.29, 0.717) is 0 Å². The van der Waals surface area contributed by atoms with Gasteiger partial charge in [0.15, 0.2) is 0 Å². The van der Waals surface area contributed by atoms with Crippen LogP contribution in [0.25, 0.3) is 0 Å². The number of rotatable bonds is 3. The molecule has 0 aliphatic heterocycles. The highest BCUT2D eigenvalue weighted by atomic mass is 16.5. The fourth-order valence-corrected chi connectivity index (χ4v) is 0.304. The summed E-state index contributed by atoms with van der Waals surface area (Å²) in [4.78, 5) is 0. The summed E-state index contributed by atoms with van der Waals surface area (Å²) in [5, 5.41) is 0. The van der Waals surface area contributed by atoms with Crippen LogP contribution in [0.4, 0.5) is 0 Å². The lowest BCUT2D eigenvalue weighted by Crippen LogP contribution is -2.23. The SMILES string of the molecule is [CH2]C(OC)C([CH2])OC. The molecule has 0 aliphatic rings. The van der Waals surface area contributed by atoms with Crippen molar-refractivity contribution < 1.29 is 9.47 Å². The van der Waals surface area contributed by atoms with E-state index in [1.165, 1.54) is 0 Å². The highest BCUT2D eigenvalue weighted by molar-refractivity contribution is 4.73. The Hall–Kier alpha value is -0.0800. The molecule has 2 heteroatoms. The van der Waals surface area contributed by atoms with Gasteiger partial charge in [0, 0.05) is 14.2 Å². The molecule has 2 atom stereocenters. The number of hydrogen-bond donors (Lipinski definition) is 0. The standard InChI is InChI=1S/C6H12O2/c1-5(7-3)6(2)8-4/h5-6H,1-2H2,3-4H3. The molecule has 0 heterocycles. The maximum absolute atomic E-state index is 4.80. The average Bonchev–Trinajstić information content (AvgIpc) is 1.84. The molecule has 0 aliphatic carbocycles. The molecule has 0 saturated heterocycles. The maximum Gasteiger partial charge on any atom is 0.0833 e. The third-order valence-corrected chi connectivity index (χ3v) is 1.02. The lowest BCUT2D eigenvalue weighted by atomic mass is 10.3. The molecule has 0 spiro atoms. The quantitative estimate of drug-likeness (QED) is 0.540. The van der Waals surface area contributed by atoms with Crippen LogP contribution in [0.2, 0.25) is 0 Å². The van der Waals surface area contributed by atoms with Gasteiger partial charge in [-0.25, -0.2) is 0 Å². The van der Waals surface area contributed by atoms with E-state index in [9.17, 15) is 0 Å². The molecule has 0 aromatic heterocycles. The second-order valence-corrected chi connectivity index (χ2v) is 1.55. The van der Waals surface area contributed by atoms with Gasteiger partial charge in [-0.3, -0.25) is 0 Å². The van der Waals surface area contributed by atoms with Crippen molar-refractivity contribution in [1.82, 2.24) is 0 Å². The molecule has 0 fully saturated rings. The fraction of sp³-hybridized carbons (Fsp3) is 0.667. The molecule has 0 saturated carbocycles. The van der Waals surface area contributed by atoms with E-state index in [1.54, 1.807) is 14.2 Å². The van der Waals surface area contributed by atoms with Crippen molar-refractivity contribution in [3.8, 4) is 0 Å². The Kier molecular flexibility index (Phi) is 3.83. The topological polar surface area (TPSA) is 18.5 Å². The third-order valence-electron chi connectivity index (χ3n) is 1.02. The van der Waals surface area contributed by atoms with Gasteiger partial charge in [0.05, 0.1) is 12.2 Å². The smallest absolute Gasteiger partial charge is 0.0833 e. The minimum Gasteiger partial charge on any atom is -0.379 e. The van der Waals surface area contributed by atoms with E-state index < -0.39 is 0 Å². The molecular formula is C6H12O2. The first-order chi connectivity index (χ1) is 3.72. The normalized spacial score (nSPS) is 18.0. The molecule has 2 nitrogen and oxygen atoms in total. The molecule has 0 N–H and O–H groups in total. The summed E-state index contributed by atoms with van der Waals surface area (Å²) in [6, 6.07) is 0. The Morgan fingerprint density at radius 3 is 1.38 bits per heavy atom. The first-order valence-corrected chi connectivity index (χ1v) is 2.44. The first-order valence-electron chi connectivity index (χ1n) is 2.44. The van der Waals surface area contributed by atoms with Crippen molar-refractivity contribution in [2.24, 2.45) is 0 Å². The minimum absolute atomic E-state index is 0.167. The maximum atomic E-state index is 4.80. The summed E-state index contributed by atoms with van der Waals surface area (Å²) in [5.74, 6) is 0. The largest absolute Gasteiger partial charge is 0.379 e. The van der Waals surface area contributed by atoms with Crippen molar-refractivity contribution in [2.75, 3.05) is 14.2 Å². The zero-order valence-corrected chi connectivity index (χ0v) is 5.39. The van der Waals surface area contributed by atoms with Crippen molar-refractivity contribution in [3.63, 3.8) is 0 Å². The summed E-state index contributed by atoms with van der Waals surface area (Å²) < 4.78 is 9.61. The van der Waals surface area contributed by atoms with Crippen LogP contribution < -0.4 is 0 Å². The Morgan fingerprint density at radius 1 is 1.00 bits per heavy atom. The molecule has 2 radical (unpaired) electrons. The molecular weight excluding hydrogens is 104 g/mol. The van der Waals surface area contributed by atoms with Crippen LogP contribution in [-0.2, 0) is 9.47 Å². The van der Waals surface area contributed by atoms with Crippen molar-refractivity contribution in [3.05, 3.63) is 13.8 Å². The average molecular weight is 116 g/mol. The zero-order chi connectivity index (χ0) is 6.57. The van der Waals surface area contributed by atoms with Crippen LogP contribution in [0.1, 0.15) is 0 Å². The van der Waals surface area contributed by atoms with Gasteiger partial charge in [-0.05, 0) is 13.8 Å². The Bertz CT molecular complexity index is 46.5. The molecule has 48 valence electrons. The number of hydrogen-bond acceptors (Lipinski definition) is 2. The van der Waals surface area contributed by atoms with Crippen molar-refractivity contribution in [2.45, 2.75) is 12.2 Å². The minimum atomic E-state index is -0.167. The molecule has 0 aromatic rings. The van der Waals surface area contributed by atoms with Crippen LogP contribution in [0.15, 0.2) is 0 Å². The van der Waals surface area contributed by atoms with E-state index >= 15 is 0 Å². The first kappa shape index (κ1) is 7.92. The highest BCUT2D eigenvalue weighted by Crippen LogP contribution is 1.97. The van der Waals surface area contributed by atoms with Crippen molar-refractivity contribution >= 4 is 0 Å². The van der Waals surface area contributed by atoms with Gasteiger partial charge in [-0.2, -0.15) is 0 Å². The number of methoxy groups -OCH3 is 2. The van der Waals surface area contributed by atoms with Gasteiger partial charge < -0.3 is 9.47 Å². The second kappa shape index (κ2) is 3.87. The molecule has 2 unspecified atom stereocenters. The summed E-state index contributed by atoms with van der Waals surface area (Å²) in [6.45, 7) is 7.24. The molecule has 0 amide bonds. The lowest BCUT2D eigenvalue weighted by Gasteiger charge is -2.15. The van der Waals surface area contributed by atoms with Gasteiger partial charge in [-0.15, -0.1) is 0 Å². The van der Waals surface area contributed by atoms with Crippen LogP contribution in [0, 0.1) is 13.8 Å². The molecule has 8 heavy (non-hydrogen) atoms. The van der Waals surface area contributed by atoms with E-state index in [4.69, 9.17) is 9.47 Å². The van der Waals surface area contributed by atoms with E-state index in [-0.39, 0.29) is 12.2 Å². The summed E-state index contributed by atoms with van der Waals surface area (Å²) in [5.41, 5.74) is 0. The Morgan fingerprint density at radius 2 is 1.25 bits per heavy atom. The second-order valence-electron chi connectivity index (χ2n) is 1.55. The summed E-state index contributed by atoms with van der Waals surface area (Å²) in [7, 11) is 3.16. The Labute approximate surface area is 50.8 Å². The van der Waals surface area contributed by atoms with Gasteiger partial charge in [0.25, 0.3) is 0 Å². The van der Waals surface area contributed by atoms with Crippen LogP contribution >= 0.6 is 0 Å². The molecule has 0 rings (SSSR count). The van der Waals surface area contributed by atoms with E-state index in [1.807, 2.05) is 0 Å². The summed E-state index contributed by atoms with van der Waals surface area (Å²) in [6.07, 6.45) is -0.333. The predicted octanol–water partition coefficient (Wildman–Crippen LogP) is 0.685. The van der Waals surface area contributed by atoms with Crippen molar-refractivity contribution in [1.29, 1.82) is 0 Å². The van der Waals surface area contributed by atoms with Gasteiger partial charge in [-0.1, -0.05) is 0 Å². The fourth-order valence-electron chi connectivity index (χ4n) is 0.304. The molecule has 0 bridgehead atoms. The predicted molar refractivity (Wildman–Crippen MR) is 32.3 cm³/mol. The van der Waals surface area contributed by atoms with Crippen LogP contribution in [-0.4, -0.2) is 26.4 Å². The van der Waals surface area contributed by atoms with Crippen LogP contribution in [0.3, 0.4) is 0 Å². The van der Waals surface area contributed by atoms with Gasteiger partial charge >= 0.3 is 0 Å². The lowest BCUT2D eigenvalue weighted by molar-refractivity contribution is 0.0120. The van der Waals surface area contributed by atoms with E-state index in [0.717, 1.165) is 0 Å². The monoisotopic (exact) mass is 116 g/mol. The highest BCUT2D eigenvalue weighted by Gasteiger charge is 2.07. The molecule has 0 aromatic carbocycles. The number of ether oxygens (including phenoxy) is 2. The van der Waals surface area contributed by atoms with Gasteiger partial charge in [0.1, 0.15) is 0 Å². The Balaban J connectivity index is 3.29. The third kappa shape index (κ3) is 2.28. The zero-order valence-electron chi connectivity index (χ0n) is 5.39. The van der Waals surface area contributed by atoms with E-state index in [2.05, 4.69) is 13.8 Å². The summed E-state index contributed by atoms with van der Waals surface area (Å²) >= 11 is 0.